The predicted octanol–water partition coefficient (Wildman–Crippen LogP) is 5.23. The largest absolute Gasteiger partial charge is 0.573 e. The highest BCUT2D eigenvalue weighted by molar-refractivity contribution is 7.17. The van der Waals surface area contributed by atoms with Crippen molar-refractivity contribution in [2.75, 3.05) is 0 Å². The van der Waals surface area contributed by atoms with Crippen LogP contribution in [-0.2, 0) is 11.3 Å². The number of rotatable bonds is 5. The number of aromatic nitrogens is 3. The third kappa shape index (κ3) is 5.80. The van der Waals surface area contributed by atoms with Gasteiger partial charge in [-0.1, -0.05) is 17.3 Å². The summed E-state index contributed by atoms with van der Waals surface area (Å²) < 4.78 is 52.1. The van der Waals surface area contributed by atoms with Gasteiger partial charge in [-0.3, -0.25) is 9.51 Å². The third-order valence-electron chi connectivity index (χ3n) is 4.59. The lowest BCUT2D eigenvalue weighted by atomic mass is 9.97. The molecule has 0 atom stereocenters. The fourth-order valence-corrected chi connectivity index (χ4v) is 4.23. The number of nitrogens with one attached hydrogen (secondary N) is 2. The number of benzene rings is 2. The van der Waals surface area contributed by atoms with Gasteiger partial charge >= 0.3 is 18.2 Å². The van der Waals surface area contributed by atoms with Gasteiger partial charge in [0.2, 0.25) is 0 Å². The first kappa shape index (κ1) is 24.3. The molecular formula is C22H19F3N4O5S. The summed E-state index contributed by atoms with van der Waals surface area (Å²) in [7, 11) is 0. The van der Waals surface area contributed by atoms with Crippen LogP contribution in [0.5, 0.6) is 5.75 Å². The summed E-state index contributed by atoms with van der Waals surface area (Å²) in [5.41, 5.74) is 3.59. The maximum absolute atomic E-state index is 12.5. The molecule has 9 nitrogen and oxygen atoms in total. The summed E-state index contributed by atoms with van der Waals surface area (Å²) in [6, 6.07) is 7.04. The molecule has 0 bridgehead atoms. The van der Waals surface area contributed by atoms with Gasteiger partial charge in [-0.25, -0.2) is 14.6 Å². The van der Waals surface area contributed by atoms with Crippen molar-refractivity contribution in [2.24, 2.45) is 0 Å². The number of carbonyl (C=O) groups is 1. The number of H-pyrrole nitrogens is 1. The number of ether oxygens (including phenoxy) is 2. The molecule has 0 radical (unpaired) electrons. The molecule has 0 aliphatic heterocycles. The minimum absolute atomic E-state index is 0.00472. The normalized spacial score (nSPS) is 12.1. The van der Waals surface area contributed by atoms with Gasteiger partial charge in [-0.15, -0.1) is 24.5 Å². The van der Waals surface area contributed by atoms with E-state index in [-0.39, 0.29) is 18.1 Å². The van der Waals surface area contributed by atoms with Gasteiger partial charge in [0.05, 0.1) is 15.7 Å². The first-order valence-corrected chi connectivity index (χ1v) is 11.1. The summed E-state index contributed by atoms with van der Waals surface area (Å²) in [6.45, 7) is 5.18. The third-order valence-corrected chi connectivity index (χ3v) is 5.43. The monoisotopic (exact) mass is 508 g/mol. The molecule has 0 saturated carbocycles. The van der Waals surface area contributed by atoms with Crippen LogP contribution in [0.3, 0.4) is 0 Å². The van der Waals surface area contributed by atoms with Crippen LogP contribution in [0.1, 0.15) is 26.3 Å². The Balaban J connectivity index is 1.79. The van der Waals surface area contributed by atoms with Gasteiger partial charge < -0.3 is 14.8 Å². The van der Waals surface area contributed by atoms with Crippen LogP contribution in [0.2, 0.25) is 0 Å². The number of hydrogen-bond acceptors (Lipinski definition) is 8. The Morgan fingerprint density at radius 2 is 1.91 bits per heavy atom. The van der Waals surface area contributed by atoms with E-state index in [9.17, 15) is 22.8 Å². The van der Waals surface area contributed by atoms with Gasteiger partial charge in [0.1, 0.15) is 11.4 Å². The number of aromatic amines is 1. The number of carbonyl (C=O) groups excluding carboxylic acids is 1. The van der Waals surface area contributed by atoms with E-state index >= 15 is 0 Å². The summed E-state index contributed by atoms with van der Waals surface area (Å²) in [5.74, 6) is -0.974. The molecule has 2 aromatic heterocycles. The van der Waals surface area contributed by atoms with Gasteiger partial charge in [0.25, 0.3) is 0 Å². The van der Waals surface area contributed by atoms with E-state index in [1.54, 1.807) is 32.3 Å². The maximum Gasteiger partial charge on any atom is 0.573 e. The van der Waals surface area contributed by atoms with Crippen molar-refractivity contribution in [1.82, 2.24) is 20.4 Å². The molecule has 0 unspecified atom stereocenters. The number of thiazole rings is 1. The summed E-state index contributed by atoms with van der Waals surface area (Å²) in [5, 5.41) is 6.45. The van der Waals surface area contributed by atoms with Crippen LogP contribution in [0.25, 0.3) is 32.7 Å². The quantitative estimate of drug-likeness (QED) is 0.379. The molecule has 2 heterocycles. The number of nitrogens with zero attached hydrogens (tertiary/aromatic N) is 2. The topological polar surface area (TPSA) is 119 Å². The highest BCUT2D eigenvalue weighted by atomic mass is 32.1. The molecule has 1 amide bonds. The smallest absolute Gasteiger partial charge is 0.444 e. The lowest BCUT2D eigenvalue weighted by Crippen LogP contribution is -2.32. The zero-order valence-electron chi connectivity index (χ0n) is 18.6. The van der Waals surface area contributed by atoms with Crippen molar-refractivity contribution in [3.8, 4) is 28.3 Å². The Morgan fingerprint density at radius 1 is 1.20 bits per heavy atom. The van der Waals surface area contributed by atoms with Crippen LogP contribution in [0.4, 0.5) is 18.0 Å². The average Bonchev–Trinajstić information content (AvgIpc) is 3.39. The van der Waals surface area contributed by atoms with Gasteiger partial charge in [0.15, 0.2) is 5.82 Å². The average molecular weight is 508 g/mol. The molecule has 0 saturated heterocycles. The second-order valence-corrected chi connectivity index (χ2v) is 9.21. The van der Waals surface area contributed by atoms with Gasteiger partial charge in [-0.05, 0) is 50.1 Å². The van der Waals surface area contributed by atoms with Crippen molar-refractivity contribution < 1.29 is 32.0 Å². The zero-order chi connectivity index (χ0) is 25.4. The Morgan fingerprint density at radius 3 is 2.51 bits per heavy atom. The molecule has 184 valence electrons. The second kappa shape index (κ2) is 9.06. The molecule has 2 N–H and O–H groups in total. The van der Waals surface area contributed by atoms with Crippen LogP contribution < -0.4 is 15.8 Å². The summed E-state index contributed by atoms with van der Waals surface area (Å²) in [6.07, 6.45) is -5.46. The summed E-state index contributed by atoms with van der Waals surface area (Å²) >= 11 is 1.26. The summed E-state index contributed by atoms with van der Waals surface area (Å²) in [4.78, 5) is 30.8. The van der Waals surface area contributed by atoms with Crippen molar-refractivity contribution >= 4 is 27.6 Å². The standard InChI is InChI=1S/C22H19F3N4O5S/c1-21(2,3)33-19(30)26-9-12-8-14(11-4-6-13(7-5-11)32-22(23,24)25)16-17(35-10-27-16)15(12)18-28-20(31)34-29-18/h4-8,10H,9H2,1-3H3,(H,26,30)(H,28,29,31). The van der Waals surface area contributed by atoms with Crippen LogP contribution in [-0.4, -0.2) is 33.2 Å². The van der Waals surface area contributed by atoms with Crippen LogP contribution in [0.15, 0.2) is 45.2 Å². The van der Waals surface area contributed by atoms with Crippen molar-refractivity contribution in [2.45, 2.75) is 39.3 Å². The molecular weight excluding hydrogens is 489 g/mol. The first-order chi connectivity index (χ1) is 16.4. The lowest BCUT2D eigenvalue weighted by Gasteiger charge is -2.20. The Kier molecular flexibility index (Phi) is 6.28. The number of amides is 1. The van der Waals surface area contributed by atoms with Crippen LogP contribution >= 0.6 is 11.3 Å². The van der Waals surface area contributed by atoms with Gasteiger partial charge in [0, 0.05) is 17.7 Å². The van der Waals surface area contributed by atoms with Crippen LogP contribution in [0, 0.1) is 0 Å². The Bertz CT molecular complexity index is 1420. The van der Waals surface area contributed by atoms with Crippen molar-refractivity contribution in [3.63, 3.8) is 0 Å². The van der Waals surface area contributed by atoms with E-state index < -0.39 is 23.8 Å². The molecule has 0 aliphatic rings. The maximum atomic E-state index is 12.5. The Labute approximate surface area is 199 Å². The highest BCUT2D eigenvalue weighted by Gasteiger charge is 2.31. The molecule has 13 heteroatoms. The lowest BCUT2D eigenvalue weighted by molar-refractivity contribution is -0.274. The van der Waals surface area contributed by atoms with E-state index in [4.69, 9.17) is 4.74 Å². The van der Waals surface area contributed by atoms with E-state index in [1.807, 2.05) is 0 Å². The number of fused-ring (bicyclic) bond motifs is 1. The number of halogens is 3. The van der Waals surface area contributed by atoms with Gasteiger partial charge in [-0.2, -0.15) is 0 Å². The minimum atomic E-state index is -4.81. The van der Waals surface area contributed by atoms with E-state index in [0.29, 0.717) is 32.5 Å². The number of alkyl carbamates (subject to hydrolysis) is 1. The molecule has 0 fully saturated rings. The second-order valence-electron chi connectivity index (χ2n) is 8.36. The minimum Gasteiger partial charge on any atom is -0.444 e. The van der Waals surface area contributed by atoms with Crippen molar-refractivity contribution in [1.29, 1.82) is 0 Å². The molecule has 4 rings (SSSR count). The fraction of sp³-hybridized carbons (Fsp3) is 0.273. The first-order valence-electron chi connectivity index (χ1n) is 10.2. The fourth-order valence-electron chi connectivity index (χ4n) is 3.35. The SMILES string of the molecule is CC(C)(C)OC(=O)NCc1cc(-c2ccc(OC(F)(F)F)cc2)c2ncsc2c1-c1noc(=O)[nH]1. The highest BCUT2D eigenvalue weighted by Crippen LogP contribution is 2.39. The molecule has 2 aromatic carbocycles. The van der Waals surface area contributed by atoms with E-state index in [2.05, 4.69) is 29.7 Å². The molecule has 35 heavy (non-hydrogen) atoms. The van der Waals surface area contributed by atoms with E-state index in [1.165, 1.54) is 35.6 Å². The van der Waals surface area contributed by atoms with Crippen molar-refractivity contribution in [3.05, 3.63) is 52.0 Å². The zero-order valence-corrected chi connectivity index (χ0v) is 19.5. The molecule has 4 aromatic rings. The number of hydrogen-bond donors (Lipinski definition) is 2. The molecule has 0 aliphatic carbocycles. The van der Waals surface area contributed by atoms with E-state index in [0.717, 1.165) is 0 Å². The Hall–Kier alpha value is -3.87. The molecule has 0 spiro atoms. The predicted molar refractivity (Wildman–Crippen MR) is 121 cm³/mol. The number of alkyl halides is 3.